The van der Waals surface area contributed by atoms with Crippen LogP contribution in [-0.4, -0.2) is 39.6 Å². The van der Waals surface area contributed by atoms with Gasteiger partial charge in [0.1, 0.15) is 0 Å². The van der Waals surface area contributed by atoms with Crippen molar-refractivity contribution in [2.45, 2.75) is 38.1 Å². The standard InChI is InChI=1S/C21H25N5O/c27-20(11-6-9-17-7-2-1-3-8-17)22-18-12-15-25(16-13-18)21-24-23-19-10-4-5-14-26(19)21/h1-5,7-8,10,14,18H,6,9,11-13,15-16H2,(H,22,27). The van der Waals surface area contributed by atoms with Crippen molar-refractivity contribution in [3.05, 3.63) is 60.3 Å². The molecule has 1 saturated heterocycles. The molecular formula is C21H25N5O. The molecule has 6 nitrogen and oxygen atoms in total. The molecule has 1 aliphatic rings. The van der Waals surface area contributed by atoms with Crippen molar-refractivity contribution in [1.82, 2.24) is 19.9 Å². The van der Waals surface area contributed by atoms with Crippen LogP contribution in [0, 0.1) is 0 Å². The summed E-state index contributed by atoms with van der Waals surface area (Å²) < 4.78 is 2.02. The SMILES string of the molecule is O=C(CCCc1ccccc1)NC1CCN(c2nnc3ccccn23)CC1. The highest BCUT2D eigenvalue weighted by Gasteiger charge is 2.23. The molecule has 0 atom stereocenters. The minimum atomic E-state index is 0.164. The first kappa shape index (κ1) is 17.5. The zero-order valence-electron chi connectivity index (χ0n) is 15.4. The summed E-state index contributed by atoms with van der Waals surface area (Å²) in [6, 6.07) is 16.5. The molecule has 0 bridgehead atoms. The second-order valence-corrected chi connectivity index (χ2v) is 7.10. The molecule has 3 aromatic rings. The fraction of sp³-hybridized carbons (Fsp3) is 0.381. The maximum atomic E-state index is 12.2. The lowest BCUT2D eigenvalue weighted by Crippen LogP contribution is -2.45. The Morgan fingerprint density at radius 1 is 1.04 bits per heavy atom. The summed E-state index contributed by atoms with van der Waals surface area (Å²) in [5.74, 6) is 1.05. The number of amides is 1. The fourth-order valence-corrected chi connectivity index (χ4v) is 3.67. The summed E-state index contributed by atoms with van der Waals surface area (Å²) in [6.45, 7) is 1.76. The third-order valence-electron chi connectivity index (χ3n) is 5.15. The number of anilines is 1. The number of benzene rings is 1. The Bertz CT molecular complexity index is 884. The lowest BCUT2D eigenvalue weighted by molar-refractivity contribution is -0.122. The summed E-state index contributed by atoms with van der Waals surface area (Å²) in [6.07, 6.45) is 6.29. The fourth-order valence-electron chi connectivity index (χ4n) is 3.67. The molecule has 1 aromatic carbocycles. The van der Waals surface area contributed by atoms with Gasteiger partial charge in [-0.05, 0) is 43.4 Å². The summed E-state index contributed by atoms with van der Waals surface area (Å²) in [7, 11) is 0. The highest BCUT2D eigenvalue weighted by molar-refractivity contribution is 5.76. The van der Waals surface area contributed by atoms with Gasteiger partial charge in [0, 0.05) is 31.7 Å². The second kappa shape index (κ2) is 8.20. The van der Waals surface area contributed by atoms with Crippen molar-refractivity contribution in [1.29, 1.82) is 0 Å². The van der Waals surface area contributed by atoms with E-state index in [0.717, 1.165) is 50.4 Å². The summed E-state index contributed by atoms with van der Waals surface area (Å²) >= 11 is 0. The third-order valence-corrected chi connectivity index (χ3v) is 5.15. The molecule has 4 rings (SSSR count). The van der Waals surface area contributed by atoms with Gasteiger partial charge in [-0.25, -0.2) is 0 Å². The molecular weight excluding hydrogens is 338 g/mol. The van der Waals surface area contributed by atoms with E-state index in [1.807, 2.05) is 47.0 Å². The minimum absolute atomic E-state index is 0.164. The van der Waals surface area contributed by atoms with E-state index in [4.69, 9.17) is 0 Å². The molecule has 27 heavy (non-hydrogen) atoms. The normalized spacial score (nSPS) is 15.2. The average molecular weight is 363 g/mol. The predicted molar refractivity (Wildman–Crippen MR) is 106 cm³/mol. The number of hydrogen-bond acceptors (Lipinski definition) is 4. The van der Waals surface area contributed by atoms with Crippen molar-refractivity contribution in [3.8, 4) is 0 Å². The molecule has 1 N–H and O–H groups in total. The first-order valence-corrected chi connectivity index (χ1v) is 9.67. The molecule has 0 saturated carbocycles. The molecule has 1 fully saturated rings. The van der Waals surface area contributed by atoms with E-state index < -0.39 is 0 Å². The van der Waals surface area contributed by atoms with E-state index in [9.17, 15) is 4.79 Å². The van der Waals surface area contributed by atoms with Crippen molar-refractivity contribution in [2.24, 2.45) is 0 Å². The molecule has 0 spiro atoms. The van der Waals surface area contributed by atoms with Crippen LogP contribution in [0.25, 0.3) is 5.65 Å². The maximum Gasteiger partial charge on any atom is 0.231 e. The van der Waals surface area contributed by atoms with Gasteiger partial charge in [0.2, 0.25) is 11.9 Å². The Hall–Kier alpha value is -2.89. The number of carbonyl (C=O) groups excluding carboxylic acids is 1. The van der Waals surface area contributed by atoms with Gasteiger partial charge in [0.15, 0.2) is 5.65 Å². The molecule has 2 aromatic heterocycles. The van der Waals surface area contributed by atoms with Gasteiger partial charge in [0.25, 0.3) is 0 Å². The first-order valence-electron chi connectivity index (χ1n) is 9.67. The number of rotatable bonds is 6. The van der Waals surface area contributed by atoms with Crippen LogP contribution in [0.1, 0.15) is 31.2 Å². The average Bonchev–Trinajstić information content (AvgIpc) is 3.14. The van der Waals surface area contributed by atoms with E-state index in [2.05, 4.69) is 32.5 Å². The van der Waals surface area contributed by atoms with Crippen LogP contribution >= 0.6 is 0 Å². The maximum absolute atomic E-state index is 12.2. The number of fused-ring (bicyclic) bond motifs is 1. The van der Waals surface area contributed by atoms with E-state index in [0.29, 0.717) is 6.42 Å². The van der Waals surface area contributed by atoms with Gasteiger partial charge in [-0.2, -0.15) is 0 Å². The Morgan fingerprint density at radius 3 is 2.63 bits per heavy atom. The topological polar surface area (TPSA) is 62.5 Å². The Labute approximate surface area is 159 Å². The molecule has 0 radical (unpaired) electrons. The molecule has 6 heteroatoms. The van der Waals surface area contributed by atoms with Crippen molar-refractivity contribution >= 4 is 17.5 Å². The van der Waals surface area contributed by atoms with Crippen LogP contribution < -0.4 is 10.2 Å². The van der Waals surface area contributed by atoms with E-state index >= 15 is 0 Å². The van der Waals surface area contributed by atoms with Gasteiger partial charge in [-0.3, -0.25) is 9.20 Å². The number of carbonyl (C=O) groups is 1. The van der Waals surface area contributed by atoms with E-state index in [1.165, 1.54) is 5.56 Å². The first-order chi connectivity index (χ1) is 13.3. The van der Waals surface area contributed by atoms with E-state index in [-0.39, 0.29) is 11.9 Å². The van der Waals surface area contributed by atoms with Gasteiger partial charge in [-0.15, -0.1) is 10.2 Å². The zero-order chi connectivity index (χ0) is 18.5. The van der Waals surface area contributed by atoms with Crippen LogP contribution in [0.3, 0.4) is 0 Å². The summed E-state index contributed by atoms with van der Waals surface area (Å²) in [5.41, 5.74) is 2.15. The molecule has 3 heterocycles. The number of hydrogen-bond donors (Lipinski definition) is 1. The van der Waals surface area contributed by atoms with Gasteiger partial charge >= 0.3 is 0 Å². The number of nitrogens with zero attached hydrogens (tertiary/aromatic N) is 4. The van der Waals surface area contributed by atoms with E-state index in [1.54, 1.807) is 0 Å². The number of pyridine rings is 1. The largest absolute Gasteiger partial charge is 0.353 e. The molecule has 1 aliphatic heterocycles. The summed E-state index contributed by atoms with van der Waals surface area (Å²) in [4.78, 5) is 14.5. The summed E-state index contributed by atoms with van der Waals surface area (Å²) in [5, 5.41) is 11.7. The van der Waals surface area contributed by atoms with Crippen LogP contribution in [0.4, 0.5) is 5.95 Å². The highest BCUT2D eigenvalue weighted by Crippen LogP contribution is 2.19. The highest BCUT2D eigenvalue weighted by atomic mass is 16.1. The van der Waals surface area contributed by atoms with Crippen molar-refractivity contribution in [3.63, 3.8) is 0 Å². The van der Waals surface area contributed by atoms with Crippen LogP contribution in [0.15, 0.2) is 54.7 Å². The number of nitrogens with one attached hydrogen (secondary N) is 1. The quantitative estimate of drug-likeness (QED) is 0.731. The molecule has 1 amide bonds. The van der Waals surface area contributed by atoms with Crippen LogP contribution in [0.2, 0.25) is 0 Å². The van der Waals surface area contributed by atoms with Crippen LogP contribution in [-0.2, 0) is 11.2 Å². The molecule has 140 valence electrons. The smallest absolute Gasteiger partial charge is 0.231 e. The Kier molecular flexibility index (Phi) is 5.32. The molecule has 0 unspecified atom stereocenters. The Balaban J connectivity index is 1.23. The number of aromatic nitrogens is 3. The third kappa shape index (κ3) is 4.27. The van der Waals surface area contributed by atoms with Crippen molar-refractivity contribution in [2.75, 3.05) is 18.0 Å². The number of aryl methyl sites for hydroxylation is 1. The lowest BCUT2D eigenvalue weighted by Gasteiger charge is -2.32. The van der Waals surface area contributed by atoms with Gasteiger partial charge in [0.05, 0.1) is 0 Å². The van der Waals surface area contributed by atoms with Crippen LogP contribution in [0.5, 0.6) is 0 Å². The lowest BCUT2D eigenvalue weighted by atomic mass is 10.0. The minimum Gasteiger partial charge on any atom is -0.353 e. The number of piperidine rings is 1. The Morgan fingerprint density at radius 2 is 1.81 bits per heavy atom. The zero-order valence-corrected chi connectivity index (χ0v) is 15.4. The molecule has 0 aliphatic carbocycles. The van der Waals surface area contributed by atoms with Gasteiger partial charge in [-0.1, -0.05) is 36.4 Å². The van der Waals surface area contributed by atoms with Crippen molar-refractivity contribution < 1.29 is 4.79 Å². The second-order valence-electron chi connectivity index (χ2n) is 7.10. The monoisotopic (exact) mass is 363 g/mol. The van der Waals surface area contributed by atoms with Gasteiger partial charge < -0.3 is 10.2 Å². The predicted octanol–water partition coefficient (Wildman–Crippen LogP) is 2.84.